The largest absolute Gasteiger partial charge is 0.433 e. The van der Waals surface area contributed by atoms with E-state index in [1.54, 1.807) is 0 Å². The van der Waals surface area contributed by atoms with Crippen molar-refractivity contribution in [2.75, 3.05) is 5.32 Å². The van der Waals surface area contributed by atoms with Crippen molar-refractivity contribution >= 4 is 33.7 Å². The molecule has 1 aliphatic rings. The van der Waals surface area contributed by atoms with Crippen LogP contribution < -0.4 is 5.32 Å². The number of urea groups is 1. The van der Waals surface area contributed by atoms with Crippen molar-refractivity contribution in [1.29, 1.82) is 0 Å². The zero-order valence-corrected chi connectivity index (χ0v) is 15.9. The lowest BCUT2D eigenvalue weighted by atomic mass is 10.1. The minimum absolute atomic E-state index is 0.0513. The van der Waals surface area contributed by atoms with Crippen LogP contribution in [0.25, 0.3) is 0 Å². The maximum absolute atomic E-state index is 13.2. The van der Waals surface area contributed by atoms with E-state index in [0.717, 1.165) is 6.20 Å². The molecule has 0 bridgehead atoms. The summed E-state index contributed by atoms with van der Waals surface area (Å²) in [7, 11) is -2.71. The summed E-state index contributed by atoms with van der Waals surface area (Å²) < 4.78 is 80.1. The first-order valence-corrected chi connectivity index (χ1v) is 9.94. The van der Waals surface area contributed by atoms with Crippen molar-refractivity contribution in [1.82, 2.24) is 9.97 Å². The van der Waals surface area contributed by atoms with E-state index in [-0.39, 0.29) is 21.2 Å². The lowest BCUT2D eigenvalue weighted by Crippen LogP contribution is -2.17. The summed E-state index contributed by atoms with van der Waals surface area (Å²) in [6.45, 7) is 1.18. The highest BCUT2D eigenvalue weighted by molar-refractivity contribution is 7.78. The molecule has 28 heavy (non-hydrogen) atoms. The number of amides is 2. The van der Waals surface area contributed by atoms with Crippen LogP contribution in [0.4, 0.5) is 32.4 Å². The third-order valence-electron chi connectivity index (χ3n) is 4.04. The summed E-state index contributed by atoms with van der Waals surface area (Å²) in [5.74, 6) is 0. The Bertz CT molecular complexity index is 1010. The predicted molar refractivity (Wildman–Crippen MR) is 92.3 cm³/mol. The molecule has 2 aromatic rings. The molecule has 1 atom stereocenters. The van der Waals surface area contributed by atoms with Gasteiger partial charge in [0.05, 0.1) is 22.5 Å². The number of pyridine rings is 1. The van der Waals surface area contributed by atoms with Gasteiger partial charge < -0.3 is 5.32 Å². The molecular weight excluding hydrogens is 427 g/mol. The maximum atomic E-state index is 13.2. The zero-order valence-electron chi connectivity index (χ0n) is 14.2. The first-order chi connectivity index (χ1) is 13.1. The first kappa shape index (κ1) is 20.6. The standard InChI is InChI=1S/C15H13F5N4O2S2/c1-6-10(7-3-2-4-8(7)22-11(6)15(18,19)20)23-14(25)24-28(26)9-5-21-13(27-9)12(16)17/h5,12,28H,2-4H2,1H3,(H,22,23,25). The van der Waals surface area contributed by atoms with E-state index >= 15 is 0 Å². The van der Waals surface area contributed by atoms with Crippen LogP contribution >= 0.6 is 11.3 Å². The Morgan fingerprint density at radius 2 is 2.07 bits per heavy atom. The Kier molecular flexibility index (Phi) is 5.66. The molecule has 2 amide bonds. The van der Waals surface area contributed by atoms with Crippen LogP contribution in [-0.2, 0) is 29.6 Å². The highest BCUT2D eigenvalue weighted by atomic mass is 32.2. The fourth-order valence-corrected chi connectivity index (χ4v) is 4.56. The molecule has 0 spiro atoms. The highest BCUT2D eigenvalue weighted by Crippen LogP contribution is 2.38. The molecule has 1 aliphatic carbocycles. The van der Waals surface area contributed by atoms with Crippen LogP contribution in [0.15, 0.2) is 14.8 Å². The van der Waals surface area contributed by atoms with Crippen molar-refractivity contribution in [3.63, 3.8) is 0 Å². The first-order valence-electron chi connectivity index (χ1n) is 7.91. The second-order valence-electron chi connectivity index (χ2n) is 5.88. The van der Waals surface area contributed by atoms with Gasteiger partial charge in [-0.3, -0.25) is 0 Å². The number of aromatic nitrogens is 2. The Balaban J connectivity index is 1.92. The van der Waals surface area contributed by atoms with Crippen LogP contribution in [0.5, 0.6) is 0 Å². The van der Waals surface area contributed by atoms with Gasteiger partial charge in [-0.05, 0) is 31.7 Å². The quantitative estimate of drug-likeness (QED) is 0.542. The number of fused-ring (bicyclic) bond motifs is 1. The van der Waals surface area contributed by atoms with E-state index in [9.17, 15) is 31.0 Å². The van der Waals surface area contributed by atoms with Gasteiger partial charge in [0.15, 0.2) is 5.01 Å². The van der Waals surface area contributed by atoms with Gasteiger partial charge in [0.2, 0.25) is 0 Å². The fourth-order valence-electron chi connectivity index (χ4n) is 2.86. The number of nitrogens with zero attached hydrogens (tertiary/aromatic N) is 3. The molecule has 152 valence electrons. The number of anilines is 1. The molecule has 1 N–H and O–H groups in total. The third-order valence-corrected chi connectivity index (χ3v) is 6.44. The van der Waals surface area contributed by atoms with Crippen LogP contribution in [0.1, 0.15) is 40.4 Å². The summed E-state index contributed by atoms with van der Waals surface area (Å²) in [4.78, 5) is 19.2. The Labute approximate surface area is 161 Å². The van der Waals surface area contributed by atoms with Gasteiger partial charge in [-0.1, -0.05) is 0 Å². The number of carbonyl (C=O) groups excluding carboxylic acids is 1. The molecule has 1 unspecified atom stereocenters. The van der Waals surface area contributed by atoms with Crippen molar-refractivity contribution in [2.24, 2.45) is 4.36 Å². The molecule has 2 aromatic heterocycles. The number of hydrogen-bond donors (Lipinski definition) is 2. The number of aryl methyl sites for hydroxylation is 1. The Hall–Kier alpha value is -2.15. The normalized spacial score (nSPS) is 15.1. The van der Waals surface area contributed by atoms with Crippen molar-refractivity contribution in [2.45, 2.75) is 43.0 Å². The molecule has 0 saturated heterocycles. The number of carbonyl (C=O) groups is 1. The smallest absolute Gasteiger partial charge is 0.305 e. The van der Waals surface area contributed by atoms with Gasteiger partial charge in [0.1, 0.15) is 9.90 Å². The molecular formula is C15H13F5N4O2S2. The van der Waals surface area contributed by atoms with Gasteiger partial charge in [-0.2, -0.15) is 13.2 Å². The number of hydrogen-bond acceptors (Lipinski definition) is 5. The monoisotopic (exact) mass is 440 g/mol. The summed E-state index contributed by atoms with van der Waals surface area (Å²) in [5.41, 5.74) is -0.671. The summed E-state index contributed by atoms with van der Waals surface area (Å²) >= 11 is 0.449. The second kappa shape index (κ2) is 7.70. The minimum Gasteiger partial charge on any atom is -0.305 e. The number of thiol groups is 1. The van der Waals surface area contributed by atoms with Crippen molar-refractivity contribution < 1.29 is 31.0 Å². The molecule has 3 rings (SSSR count). The molecule has 0 fully saturated rings. The number of halogens is 5. The number of rotatable bonds is 3. The molecule has 0 saturated carbocycles. The topological polar surface area (TPSA) is 84.3 Å². The van der Waals surface area contributed by atoms with Gasteiger partial charge in [-0.25, -0.2) is 27.8 Å². The zero-order chi connectivity index (χ0) is 20.6. The second-order valence-corrected chi connectivity index (χ2v) is 8.47. The lowest BCUT2D eigenvalue weighted by molar-refractivity contribution is -0.141. The van der Waals surface area contributed by atoms with E-state index in [0.29, 0.717) is 36.2 Å². The third kappa shape index (κ3) is 4.14. The Morgan fingerprint density at radius 3 is 2.68 bits per heavy atom. The van der Waals surface area contributed by atoms with Gasteiger partial charge in [-0.15, -0.1) is 15.7 Å². The SMILES string of the molecule is Cc1c(C(F)(F)F)nc2c(c1NC(=O)/N=[SH](=O)/c1cnc(C(F)F)s1)CCC2. The summed E-state index contributed by atoms with van der Waals surface area (Å²) in [5, 5.41) is 1.70. The average molecular weight is 440 g/mol. The molecule has 0 radical (unpaired) electrons. The summed E-state index contributed by atoms with van der Waals surface area (Å²) in [6.07, 6.45) is -5.23. The lowest BCUT2D eigenvalue weighted by Gasteiger charge is -2.17. The fraction of sp³-hybridized carbons (Fsp3) is 0.400. The molecule has 13 heteroatoms. The van der Waals surface area contributed by atoms with E-state index < -0.39 is 39.9 Å². The molecule has 0 aliphatic heterocycles. The van der Waals surface area contributed by atoms with E-state index in [1.807, 2.05) is 0 Å². The van der Waals surface area contributed by atoms with Gasteiger partial charge in [0, 0.05) is 11.3 Å². The molecule has 0 aromatic carbocycles. The van der Waals surface area contributed by atoms with Crippen LogP contribution in [0, 0.1) is 6.92 Å². The number of thiazole rings is 1. The van der Waals surface area contributed by atoms with Crippen LogP contribution in [-0.4, -0.2) is 20.2 Å². The van der Waals surface area contributed by atoms with E-state index in [2.05, 4.69) is 19.6 Å². The highest BCUT2D eigenvalue weighted by Gasteiger charge is 2.37. The van der Waals surface area contributed by atoms with Crippen molar-refractivity contribution in [3.05, 3.63) is 33.7 Å². The van der Waals surface area contributed by atoms with Gasteiger partial charge in [0.25, 0.3) is 6.43 Å². The molecule has 6 nitrogen and oxygen atoms in total. The number of nitrogens with one attached hydrogen (secondary N) is 1. The van der Waals surface area contributed by atoms with Crippen LogP contribution in [0.2, 0.25) is 0 Å². The van der Waals surface area contributed by atoms with Gasteiger partial charge >= 0.3 is 12.2 Å². The minimum atomic E-state index is -4.70. The predicted octanol–water partition coefficient (Wildman–Crippen LogP) is 4.55. The maximum Gasteiger partial charge on any atom is 0.433 e. The van der Waals surface area contributed by atoms with Crippen LogP contribution in [0.3, 0.4) is 0 Å². The molecule has 2 heterocycles. The Morgan fingerprint density at radius 1 is 1.36 bits per heavy atom. The summed E-state index contributed by atoms with van der Waals surface area (Å²) in [6, 6.07) is -1.13. The van der Waals surface area contributed by atoms with E-state index in [4.69, 9.17) is 0 Å². The average Bonchev–Trinajstić information content (AvgIpc) is 3.24. The number of alkyl halides is 5. The van der Waals surface area contributed by atoms with Crippen molar-refractivity contribution in [3.8, 4) is 0 Å². The van der Waals surface area contributed by atoms with E-state index in [1.165, 1.54) is 6.92 Å².